The van der Waals surface area contributed by atoms with Gasteiger partial charge in [0.1, 0.15) is 6.10 Å². The molecule has 1 aromatic carbocycles. The van der Waals surface area contributed by atoms with E-state index in [2.05, 4.69) is 21.1 Å². The van der Waals surface area contributed by atoms with Crippen LogP contribution in [-0.2, 0) is 23.7 Å². The van der Waals surface area contributed by atoms with Crippen molar-refractivity contribution in [3.63, 3.8) is 0 Å². The molecule has 0 saturated heterocycles. The summed E-state index contributed by atoms with van der Waals surface area (Å²) in [5, 5.41) is 14.1. The Labute approximate surface area is 209 Å². The second-order valence-electron chi connectivity index (χ2n) is 9.82. The largest absolute Gasteiger partial charge is 0.481 e. The van der Waals surface area contributed by atoms with Gasteiger partial charge < -0.3 is 9.84 Å². The predicted molar refractivity (Wildman–Crippen MR) is 134 cm³/mol. The normalized spacial score (nSPS) is 16.1. The molecule has 2 saturated carbocycles. The van der Waals surface area contributed by atoms with Gasteiger partial charge in [0.25, 0.3) is 0 Å². The maximum absolute atomic E-state index is 11.7. The molecule has 0 aliphatic heterocycles. The van der Waals surface area contributed by atoms with Crippen molar-refractivity contribution in [3.05, 3.63) is 77.6 Å². The van der Waals surface area contributed by atoms with Crippen LogP contribution in [0.4, 0.5) is 0 Å². The SMILES string of the molecule is Cc1cc(-c2ccc(-c3cnn(C)c3Cc3cncc(OC4CC4)n3)nc2)ccc1C1(C(=O)O)CC1. The lowest BCUT2D eigenvalue weighted by atomic mass is 9.90. The second-order valence-corrected chi connectivity index (χ2v) is 9.82. The average molecular weight is 482 g/mol. The topological polar surface area (TPSA) is 103 Å². The zero-order chi connectivity index (χ0) is 24.9. The molecular weight excluding hydrogens is 454 g/mol. The molecule has 0 radical (unpaired) electrons. The van der Waals surface area contributed by atoms with Crippen molar-refractivity contribution in [1.82, 2.24) is 24.7 Å². The molecule has 0 bridgehead atoms. The highest BCUT2D eigenvalue weighted by Crippen LogP contribution is 2.50. The molecule has 2 fully saturated rings. The first-order valence-electron chi connectivity index (χ1n) is 12.2. The van der Waals surface area contributed by atoms with E-state index >= 15 is 0 Å². The number of hydrogen-bond donors (Lipinski definition) is 1. The molecule has 8 heteroatoms. The van der Waals surface area contributed by atoms with Crippen LogP contribution in [0.15, 0.2) is 55.1 Å². The lowest BCUT2D eigenvalue weighted by molar-refractivity contribution is -0.140. The molecule has 0 unspecified atom stereocenters. The molecule has 6 rings (SSSR count). The van der Waals surface area contributed by atoms with Crippen molar-refractivity contribution in [2.45, 2.75) is 50.5 Å². The van der Waals surface area contributed by atoms with Crippen LogP contribution in [-0.4, -0.2) is 41.9 Å². The summed E-state index contributed by atoms with van der Waals surface area (Å²) in [6, 6.07) is 10.0. The van der Waals surface area contributed by atoms with Gasteiger partial charge in [-0.1, -0.05) is 24.3 Å². The summed E-state index contributed by atoms with van der Waals surface area (Å²) in [4.78, 5) is 25.4. The van der Waals surface area contributed by atoms with Gasteiger partial charge in [-0.2, -0.15) is 5.10 Å². The number of rotatable bonds is 8. The highest BCUT2D eigenvalue weighted by molar-refractivity contribution is 5.86. The quantitative estimate of drug-likeness (QED) is 0.395. The third-order valence-corrected chi connectivity index (χ3v) is 7.16. The van der Waals surface area contributed by atoms with Gasteiger partial charge in [0.05, 0.1) is 34.9 Å². The van der Waals surface area contributed by atoms with Crippen molar-refractivity contribution >= 4 is 5.97 Å². The van der Waals surface area contributed by atoms with E-state index in [1.807, 2.05) is 55.3 Å². The van der Waals surface area contributed by atoms with Gasteiger partial charge in [-0.05, 0) is 55.4 Å². The molecule has 1 N–H and O–H groups in total. The van der Waals surface area contributed by atoms with E-state index in [4.69, 9.17) is 9.72 Å². The van der Waals surface area contributed by atoms with Crippen LogP contribution in [0.5, 0.6) is 5.88 Å². The Hall–Kier alpha value is -4.07. The summed E-state index contributed by atoms with van der Waals surface area (Å²) in [5.41, 5.74) is 6.81. The van der Waals surface area contributed by atoms with Crippen molar-refractivity contribution in [2.75, 3.05) is 0 Å². The van der Waals surface area contributed by atoms with Crippen LogP contribution in [0.25, 0.3) is 22.4 Å². The number of carbonyl (C=O) groups is 1. The number of pyridine rings is 1. The fourth-order valence-corrected chi connectivity index (χ4v) is 4.77. The standard InChI is InChI=1S/C28H27N5O3/c1-17-11-18(3-7-23(17)28(9-10-28)27(34)35)19-4-8-24(30-13-19)22-15-31-33(2)25(22)12-20-14-29-16-26(32-20)36-21-5-6-21/h3-4,7-8,11,13-16,21H,5-6,9-10,12H2,1-2H3,(H,34,35). The zero-order valence-corrected chi connectivity index (χ0v) is 20.3. The minimum absolute atomic E-state index is 0.275. The fourth-order valence-electron chi connectivity index (χ4n) is 4.77. The van der Waals surface area contributed by atoms with Crippen molar-refractivity contribution in [2.24, 2.45) is 7.05 Å². The third-order valence-electron chi connectivity index (χ3n) is 7.16. The minimum Gasteiger partial charge on any atom is -0.481 e. The first-order valence-corrected chi connectivity index (χ1v) is 12.2. The van der Waals surface area contributed by atoms with Gasteiger partial charge in [0.2, 0.25) is 5.88 Å². The third kappa shape index (κ3) is 4.12. The molecule has 3 heterocycles. The van der Waals surface area contributed by atoms with Crippen LogP contribution < -0.4 is 4.74 Å². The van der Waals surface area contributed by atoms with Gasteiger partial charge >= 0.3 is 5.97 Å². The average Bonchev–Trinajstić information content (AvgIpc) is 3.80. The van der Waals surface area contributed by atoms with Crippen LogP contribution >= 0.6 is 0 Å². The van der Waals surface area contributed by atoms with Crippen LogP contribution in [0.1, 0.15) is 48.2 Å². The van der Waals surface area contributed by atoms with Gasteiger partial charge in [0.15, 0.2) is 0 Å². The van der Waals surface area contributed by atoms with Crippen molar-refractivity contribution < 1.29 is 14.6 Å². The maximum Gasteiger partial charge on any atom is 0.314 e. The maximum atomic E-state index is 11.7. The summed E-state index contributed by atoms with van der Waals surface area (Å²) >= 11 is 0. The number of aliphatic carboxylic acids is 1. The van der Waals surface area contributed by atoms with Crippen LogP contribution in [0.3, 0.4) is 0 Å². The summed E-state index contributed by atoms with van der Waals surface area (Å²) in [7, 11) is 1.92. The van der Waals surface area contributed by atoms with Gasteiger partial charge in [0, 0.05) is 37.0 Å². The van der Waals surface area contributed by atoms with Gasteiger partial charge in [-0.3, -0.25) is 19.4 Å². The number of aryl methyl sites for hydroxylation is 2. The Morgan fingerprint density at radius 2 is 1.92 bits per heavy atom. The number of carboxylic acids is 1. The second kappa shape index (κ2) is 8.55. The van der Waals surface area contributed by atoms with Crippen molar-refractivity contribution in [1.29, 1.82) is 0 Å². The molecule has 3 aromatic heterocycles. The van der Waals surface area contributed by atoms with Crippen LogP contribution in [0, 0.1) is 6.92 Å². The smallest absolute Gasteiger partial charge is 0.314 e. The Morgan fingerprint density at radius 1 is 1.11 bits per heavy atom. The van der Waals surface area contributed by atoms with E-state index in [1.54, 1.807) is 12.4 Å². The number of hydrogen-bond acceptors (Lipinski definition) is 6. The Morgan fingerprint density at radius 3 is 2.58 bits per heavy atom. The molecule has 4 aromatic rings. The molecule has 8 nitrogen and oxygen atoms in total. The summed E-state index contributed by atoms with van der Waals surface area (Å²) in [6.07, 6.45) is 11.5. The summed E-state index contributed by atoms with van der Waals surface area (Å²) < 4.78 is 7.64. The minimum atomic E-state index is -0.732. The summed E-state index contributed by atoms with van der Waals surface area (Å²) in [5.74, 6) is -0.164. The van der Waals surface area contributed by atoms with E-state index in [9.17, 15) is 9.90 Å². The monoisotopic (exact) mass is 481 g/mol. The molecule has 36 heavy (non-hydrogen) atoms. The van der Waals surface area contributed by atoms with Crippen LogP contribution in [0.2, 0.25) is 0 Å². The first-order chi connectivity index (χ1) is 17.4. The lowest BCUT2D eigenvalue weighted by Gasteiger charge is -2.15. The molecule has 0 amide bonds. The fraction of sp³-hybridized carbons (Fsp3) is 0.321. The number of ether oxygens (including phenoxy) is 1. The molecule has 0 atom stereocenters. The number of benzene rings is 1. The van der Waals surface area contributed by atoms with E-state index in [1.165, 1.54) is 0 Å². The van der Waals surface area contributed by atoms with Gasteiger partial charge in [-0.25, -0.2) is 4.98 Å². The molecule has 0 spiro atoms. The predicted octanol–water partition coefficient (Wildman–Crippen LogP) is 4.50. The molecule has 2 aliphatic rings. The molecule has 2 aliphatic carbocycles. The molecule has 182 valence electrons. The Balaban J connectivity index is 1.24. The summed E-state index contributed by atoms with van der Waals surface area (Å²) in [6.45, 7) is 1.99. The van der Waals surface area contributed by atoms with E-state index in [0.29, 0.717) is 25.1 Å². The number of carboxylic acid groups (broad SMARTS) is 1. The van der Waals surface area contributed by atoms with E-state index < -0.39 is 11.4 Å². The van der Waals surface area contributed by atoms with E-state index in [0.717, 1.165) is 57.7 Å². The first kappa shape index (κ1) is 22.4. The number of nitrogens with zero attached hydrogens (tertiary/aromatic N) is 5. The lowest BCUT2D eigenvalue weighted by Crippen LogP contribution is -2.20. The van der Waals surface area contributed by atoms with Crippen molar-refractivity contribution in [3.8, 4) is 28.3 Å². The zero-order valence-electron chi connectivity index (χ0n) is 20.3. The molecular formula is C28H27N5O3. The number of aromatic nitrogens is 5. The van der Waals surface area contributed by atoms with E-state index in [-0.39, 0.29) is 6.10 Å². The Kier molecular flexibility index (Phi) is 5.32. The van der Waals surface area contributed by atoms with Gasteiger partial charge in [-0.15, -0.1) is 0 Å². The highest BCUT2D eigenvalue weighted by Gasteiger charge is 2.52. The highest BCUT2D eigenvalue weighted by atomic mass is 16.5. The Bertz CT molecular complexity index is 1450.